The third kappa shape index (κ3) is 2.67. The van der Waals surface area contributed by atoms with Gasteiger partial charge in [0.15, 0.2) is 0 Å². The van der Waals surface area contributed by atoms with Gasteiger partial charge in [0.05, 0.1) is 5.92 Å². The van der Waals surface area contributed by atoms with Gasteiger partial charge < -0.3 is 10.2 Å². The van der Waals surface area contributed by atoms with Gasteiger partial charge in [0.2, 0.25) is 11.9 Å². The van der Waals surface area contributed by atoms with Crippen LogP contribution in [0.4, 0.5) is 5.95 Å². The molecule has 1 spiro atoms. The van der Waals surface area contributed by atoms with Crippen molar-refractivity contribution in [1.82, 2.24) is 15.3 Å². The largest absolute Gasteiger partial charge is 0.350 e. The van der Waals surface area contributed by atoms with E-state index in [1.807, 2.05) is 24.3 Å². The van der Waals surface area contributed by atoms with Gasteiger partial charge in [-0.3, -0.25) is 4.79 Å². The predicted octanol–water partition coefficient (Wildman–Crippen LogP) is 2.12. The van der Waals surface area contributed by atoms with Crippen LogP contribution in [0.25, 0.3) is 0 Å². The SMILES string of the molecule is O=C1NC2(CCN(c3ncccn3)CC2)CC1c1ccccc1. The third-order valence-electron chi connectivity index (χ3n) is 5.06. The zero-order valence-corrected chi connectivity index (χ0v) is 13.0. The first-order valence-electron chi connectivity index (χ1n) is 8.15. The van der Waals surface area contributed by atoms with E-state index in [1.165, 1.54) is 0 Å². The second kappa shape index (κ2) is 5.65. The van der Waals surface area contributed by atoms with E-state index in [0.717, 1.165) is 43.9 Å². The van der Waals surface area contributed by atoms with Crippen molar-refractivity contribution in [3.8, 4) is 0 Å². The van der Waals surface area contributed by atoms with Crippen molar-refractivity contribution in [3.63, 3.8) is 0 Å². The number of carbonyl (C=O) groups excluding carboxylic acids is 1. The molecule has 1 unspecified atom stereocenters. The average Bonchev–Trinajstić information content (AvgIpc) is 2.93. The quantitative estimate of drug-likeness (QED) is 0.923. The number of amides is 1. The number of carbonyl (C=O) groups is 1. The molecular formula is C18H20N4O. The molecule has 23 heavy (non-hydrogen) atoms. The number of hydrogen-bond acceptors (Lipinski definition) is 4. The molecule has 0 saturated carbocycles. The van der Waals surface area contributed by atoms with Crippen molar-refractivity contribution in [2.24, 2.45) is 0 Å². The minimum atomic E-state index is -0.0666. The maximum Gasteiger partial charge on any atom is 0.228 e. The molecule has 3 heterocycles. The van der Waals surface area contributed by atoms with Crippen LogP contribution in [0.2, 0.25) is 0 Å². The molecule has 2 fully saturated rings. The fraction of sp³-hybridized carbons (Fsp3) is 0.389. The summed E-state index contributed by atoms with van der Waals surface area (Å²) in [6, 6.07) is 11.9. The maximum atomic E-state index is 12.5. The molecule has 2 saturated heterocycles. The number of hydrogen-bond donors (Lipinski definition) is 1. The summed E-state index contributed by atoms with van der Waals surface area (Å²) < 4.78 is 0. The van der Waals surface area contributed by atoms with E-state index >= 15 is 0 Å². The summed E-state index contributed by atoms with van der Waals surface area (Å²) in [5, 5.41) is 3.28. The van der Waals surface area contributed by atoms with Gasteiger partial charge in [0.1, 0.15) is 0 Å². The standard InChI is InChI=1S/C18H20N4O/c23-16-15(14-5-2-1-3-6-14)13-18(21-16)7-11-22(12-8-18)17-19-9-4-10-20-17/h1-6,9-10,15H,7-8,11-13H2,(H,21,23). The number of rotatable bonds is 2. The summed E-state index contributed by atoms with van der Waals surface area (Å²) in [5.74, 6) is 0.933. The fourth-order valence-corrected chi connectivity index (χ4v) is 3.76. The second-order valence-electron chi connectivity index (χ2n) is 6.47. The highest BCUT2D eigenvalue weighted by molar-refractivity contribution is 5.87. The first kappa shape index (κ1) is 14.2. The summed E-state index contributed by atoms with van der Waals surface area (Å²) in [7, 11) is 0. The van der Waals surface area contributed by atoms with E-state index in [9.17, 15) is 4.79 Å². The molecular weight excluding hydrogens is 288 g/mol. The van der Waals surface area contributed by atoms with E-state index in [2.05, 4.69) is 32.3 Å². The number of benzene rings is 1. The molecule has 5 heteroatoms. The number of nitrogens with one attached hydrogen (secondary N) is 1. The summed E-state index contributed by atoms with van der Waals surface area (Å²) in [5.41, 5.74) is 1.05. The molecule has 1 aromatic heterocycles. The number of anilines is 1. The third-order valence-corrected chi connectivity index (χ3v) is 5.06. The van der Waals surface area contributed by atoms with Crippen LogP contribution in [0.3, 0.4) is 0 Å². The monoisotopic (exact) mass is 308 g/mol. The molecule has 4 rings (SSSR count). The Balaban J connectivity index is 1.47. The van der Waals surface area contributed by atoms with Crippen LogP contribution in [0.15, 0.2) is 48.8 Å². The average molecular weight is 308 g/mol. The van der Waals surface area contributed by atoms with E-state index in [-0.39, 0.29) is 17.4 Å². The lowest BCUT2D eigenvalue weighted by atomic mass is 9.82. The summed E-state index contributed by atoms with van der Waals surface area (Å²) in [6.07, 6.45) is 6.32. The van der Waals surface area contributed by atoms with E-state index in [4.69, 9.17) is 0 Å². The number of piperidine rings is 1. The van der Waals surface area contributed by atoms with Crippen LogP contribution in [0.1, 0.15) is 30.7 Å². The highest BCUT2D eigenvalue weighted by Crippen LogP contribution is 2.39. The fourth-order valence-electron chi connectivity index (χ4n) is 3.76. The van der Waals surface area contributed by atoms with E-state index in [1.54, 1.807) is 12.4 Å². The Morgan fingerprint density at radius 2 is 1.74 bits per heavy atom. The first-order chi connectivity index (χ1) is 11.3. The van der Waals surface area contributed by atoms with E-state index in [0.29, 0.717) is 0 Å². The minimum absolute atomic E-state index is 0.0178. The first-order valence-corrected chi connectivity index (χ1v) is 8.15. The summed E-state index contributed by atoms with van der Waals surface area (Å²) >= 11 is 0. The molecule has 0 aliphatic carbocycles. The molecule has 2 aliphatic rings. The topological polar surface area (TPSA) is 58.1 Å². The second-order valence-corrected chi connectivity index (χ2v) is 6.47. The van der Waals surface area contributed by atoms with E-state index < -0.39 is 0 Å². The highest BCUT2D eigenvalue weighted by Gasteiger charge is 2.46. The number of aromatic nitrogens is 2. The van der Waals surface area contributed by atoms with Gasteiger partial charge in [0.25, 0.3) is 0 Å². The Bertz CT molecular complexity index is 681. The zero-order valence-electron chi connectivity index (χ0n) is 13.0. The summed E-state index contributed by atoms with van der Waals surface area (Å²) in [4.78, 5) is 23.3. The smallest absolute Gasteiger partial charge is 0.228 e. The molecule has 1 amide bonds. The van der Waals surface area contributed by atoms with Crippen LogP contribution in [-0.2, 0) is 4.79 Å². The minimum Gasteiger partial charge on any atom is -0.350 e. The maximum absolute atomic E-state index is 12.5. The summed E-state index contributed by atoms with van der Waals surface area (Å²) in [6.45, 7) is 1.76. The Kier molecular flexibility index (Phi) is 3.48. The molecule has 1 atom stereocenters. The predicted molar refractivity (Wildman–Crippen MR) is 88.2 cm³/mol. The molecule has 1 N–H and O–H groups in total. The Morgan fingerprint density at radius 3 is 2.43 bits per heavy atom. The lowest BCUT2D eigenvalue weighted by molar-refractivity contribution is -0.121. The number of nitrogens with zero attached hydrogens (tertiary/aromatic N) is 3. The van der Waals surface area contributed by atoms with Gasteiger partial charge in [-0.05, 0) is 30.9 Å². The molecule has 2 aromatic rings. The zero-order chi connectivity index (χ0) is 15.7. The van der Waals surface area contributed by atoms with Gasteiger partial charge in [0, 0.05) is 31.0 Å². The van der Waals surface area contributed by atoms with Gasteiger partial charge in [-0.15, -0.1) is 0 Å². The molecule has 5 nitrogen and oxygen atoms in total. The van der Waals surface area contributed by atoms with Crippen molar-refractivity contribution in [3.05, 3.63) is 54.4 Å². The van der Waals surface area contributed by atoms with Gasteiger partial charge in [-0.1, -0.05) is 30.3 Å². The lowest BCUT2D eigenvalue weighted by Gasteiger charge is -2.39. The van der Waals surface area contributed by atoms with Crippen molar-refractivity contribution in [2.45, 2.75) is 30.7 Å². The van der Waals surface area contributed by atoms with Crippen LogP contribution in [-0.4, -0.2) is 34.5 Å². The van der Waals surface area contributed by atoms with Crippen molar-refractivity contribution in [2.75, 3.05) is 18.0 Å². The van der Waals surface area contributed by atoms with Gasteiger partial charge in [-0.25, -0.2) is 9.97 Å². The van der Waals surface area contributed by atoms with Crippen LogP contribution >= 0.6 is 0 Å². The molecule has 0 bridgehead atoms. The molecule has 1 aromatic carbocycles. The Morgan fingerprint density at radius 1 is 1.04 bits per heavy atom. The normalized spacial score (nSPS) is 23.0. The highest BCUT2D eigenvalue weighted by atomic mass is 16.2. The van der Waals surface area contributed by atoms with Crippen molar-refractivity contribution >= 4 is 11.9 Å². The molecule has 0 radical (unpaired) electrons. The van der Waals surface area contributed by atoms with Crippen LogP contribution < -0.4 is 10.2 Å². The van der Waals surface area contributed by atoms with Crippen molar-refractivity contribution in [1.29, 1.82) is 0 Å². The van der Waals surface area contributed by atoms with Gasteiger partial charge in [-0.2, -0.15) is 0 Å². The van der Waals surface area contributed by atoms with Gasteiger partial charge >= 0.3 is 0 Å². The lowest BCUT2D eigenvalue weighted by Crippen LogP contribution is -2.51. The Labute approximate surface area is 135 Å². The molecule has 118 valence electrons. The van der Waals surface area contributed by atoms with Crippen molar-refractivity contribution < 1.29 is 4.79 Å². The van der Waals surface area contributed by atoms with Crippen LogP contribution in [0.5, 0.6) is 0 Å². The van der Waals surface area contributed by atoms with Crippen LogP contribution in [0, 0.1) is 0 Å². The molecule has 2 aliphatic heterocycles. The Hall–Kier alpha value is -2.43.